The minimum absolute atomic E-state index is 0.0345. The summed E-state index contributed by atoms with van der Waals surface area (Å²) in [6.07, 6.45) is 1.02. The molecule has 2 atom stereocenters. The summed E-state index contributed by atoms with van der Waals surface area (Å²) in [5.74, 6) is 0.133. The monoisotopic (exact) mass is 424 g/mol. The van der Waals surface area contributed by atoms with Crippen LogP contribution in [0.2, 0.25) is 0 Å². The molecule has 2 amide bonds. The topological polar surface area (TPSA) is 67.1 Å². The molecule has 2 aromatic rings. The molecule has 1 saturated heterocycles. The summed E-state index contributed by atoms with van der Waals surface area (Å²) in [6, 6.07) is 18.0. The fourth-order valence-electron chi connectivity index (χ4n) is 4.12. The Bertz CT molecular complexity index is 877. The van der Waals surface area contributed by atoms with E-state index >= 15 is 0 Å². The molecular weight excluding hydrogens is 388 g/mol. The van der Waals surface area contributed by atoms with Crippen LogP contribution in [0, 0.1) is 0 Å². The lowest BCUT2D eigenvalue weighted by atomic mass is 10.0. The number of para-hydroxylation sites is 1. The number of amides is 2. The highest BCUT2D eigenvalue weighted by atomic mass is 16.2. The maximum atomic E-state index is 12.8. The Morgan fingerprint density at radius 1 is 0.806 bits per heavy atom. The van der Waals surface area contributed by atoms with Crippen LogP contribution in [0.25, 0.3) is 11.1 Å². The molecule has 1 aliphatic heterocycles. The minimum atomic E-state index is -0.201. The Morgan fingerprint density at radius 2 is 1.39 bits per heavy atom. The molecule has 166 valence electrons. The van der Waals surface area contributed by atoms with Gasteiger partial charge >= 0.3 is 0 Å². The van der Waals surface area contributed by atoms with E-state index in [2.05, 4.69) is 22.8 Å². The Hall–Kier alpha value is -2.70. The lowest BCUT2D eigenvalue weighted by Gasteiger charge is -2.22. The summed E-state index contributed by atoms with van der Waals surface area (Å²) in [6.45, 7) is 10.7. The van der Waals surface area contributed by atoms with Crippen molar-refractivity contribution in [3.8, 4) is 11.1 Å². The maximum absolute atomic E-state index is 12.8. The number of hydrogen-bond donors (Lipinski definition) is 4. The standard InChI is InChI=1S/C25H34N4O2/c1-25(2,3)27-24(31)19-29-15-9-14-28(16-17-29)18-23(30)26-22-13-8-7-12-21(22)20-10-5-4-6-11-20/h4-8,10-13H,9,14-19H2,1-3H3,(H,26,30)(H,27,31)/p+2. The van der Waals surface area contributed by atoms with E-state index in [0.29, 0.717) is 13.1 Å². The van der Waals surface area contributed by atoms with Gasteiger partial charge in [0.2, 0.25) is 0 Å². The largest absolute Gasteiger partial charge is 0.347 e. The van der Waals surface area contributed by atoms with Crippen LogP contribution in [0.15, 0.2) is 54.6 Å². The number of carbonyl (C=O) groups excluding carboxylic acids is 2. The number of benzene rings is 2. The molecule has 6 heteroatoms. The second-order valence-corrected chi connectivity index (χ2v) is 9.47. The quantitative estimate of drug-likeness (QED) is 0.542. The summed E-state index contributed by atoms with van der Waals surface area (Å²) < 4.78 is 0. The van der Waals surface area contributed by atoms with E-state index in [-0.39, 0.29) is 17.4 Å². The van der Waals surface area contributed by atoms with Crippen LogP contribution in [0.5, 0.6) is 0 Å². The average molecular weight is 425 g/mol. The zero-order chi connectivity index (χ0) is 22.3. The molecule has 0 aliphatic carbocycles. The van der Waals surface area contributed by atoms with Crippen LogP contribution >= 0.6 is 0 Å². The van der Waals surface area contributed by atoms with Crippen molar-refractivity contribution in [1.29, 1.82) is 0 Å². The van der Waals surface area contributed by atoms with Crippen molar-refractivity contribution in [2.45, 2.75) is 32.7 Å². The van der Waals surface area contributed by atoms with Gasteiger partial charge in [-0.3, -0.25) is 9.59 Å². The van der Waals surface area contributed by atoms with Gasteiger partial charge in [0.05, 0.1) is 13.1 Å². The fraction of sp³-hybridized carbons (Fsp3) is 0.440. The van der Waals surface area contributed by atoms with E-state index in [1.54, 1.807) is 0 Å². The fourth-order valence-corrected chi connectivity index (χ4v) is 4.12. The Kier molecular flexibility index (Phi) is 7.82. The van der Waals surface area contributed by atoms with E-state index in [1.165, 1.54) is 9.80 Å². The van der Waals surface area contributed by atoms with Crippen LogP contribution in [-0.4, -0.2) is 56.6 Å². The normalized spacial score (nSPS) is 19.3. The summed E-state index contributed by atoms with van der Waals surface area (Å²) in [7, 11) is 0. The Balaban J connectivity index is 1.52. The van der Waals surface area contributed by atoms with Gasteiger partial charge in [-0.2, -0.15) is 0 Å². The molecule has 2 unspecified atom stereocenters. The van der Waals surface area contributed by atoms with Crippen LogP contribution in [-0.2, 0) is 9.59 Å². The number of carbonyl (C=O) groups is 2. The second kappa shape index (κ2) is 10.6. The van der Waals surface area contributed by atoms with Crippen molar-refractivity contribution >= 4 is 17.5 Å². The van der Waals surface area contributed by atoms with E-state index < -0.39 is 0 Å². The first-order valence-electron chi connectivity index (χ1n) is 11.2. The summed E-state index contributed by atoms with van der Waals surface area (Å²) in [5.41, 5.74) is 2.77. The molecule has 0 saturated carbocycles. The van der Waals surface area contributed by atoms with Gasteiger partial charge in [-0.1, -0.05) is 48.5 Å². The predicted molar refractivity (Wildman–Crippen MR) is 124 cm³/mol. The van der Waals surface area contributed by atoms with Gasteiger partial charge < -0.3 is 20.4 Å². The van der Waals surface area contributed by atoms with Crippen molar-refractivity contribution in [1.82, 2.24) is 5.32 Å². The first-order chi connectivity index (χ1) is 14.8. The van der Waals surface area contributed by atoms with E-state index in [1.807, 2.05) is 63.2 Å². The van der Waals surface area contributed by atoms with Crippen molar-refractivity contribution in [2.75, 3.05) is 44.6 Å². The Labute approximate surface area is 185 Å². The molecular formula is C25H36N4O2+2. The molecule has 3 rings (SSSR count). The van der Waals surface area contributed by atoms with Crippen molar-refractivity contribution < 1.29 is 19.4 Å². The minimum Gasteiger partial charge on any atom is -0.347 e. The summed E-state index contributed by atoms with van der Waals surface area (Å²) >= 11 is 0. The van der Waals surface area contributed by atoms with Gasteiger partial charge in [0.1, 0.15) is 13.1 Å². The third-order valence-corrected chi connectivity index (χ3v) is 5.51. The Morgan fingerprint density at radius 3 is 2.03 bits per heavy atom. The number of hydrogen-bond acceptors (Lipinski definition) is 2. The van der Waals surface area contributed by atoms with E-state index in [9.17, 15) is 9.59 Å². The first kappa shape index (κ1) is 23.0. The predicted octanol–water partition coefficient (Wildman–Crippen LogP) is 0.380. The van der Waals surface area contributed by atoms with E-state index in [0.717, 1.165) is 49.4 Å². The summed E-state index contributed by atoms with van der Waals surface area (Å²) in [4.78, 5) is 27.6. The molecule has 31 heavy (non-hydrogen) atoms. The molecule has 4 N–H and O–H groups in total. The van der Waals surface area contributed by atoms with Crippen molar-refractivity contribution in [3.63, 3.8) is 0 Å². The zero-order valence-corrected chi connectivity index (χ0v) is 19.0. The zero-order valence-electron chi connectivity index (χ0n) is 19.0. The van der Waals surface area contributed by atoms with Gasteiger partial charge in [-0.05, 0) is 32.4 Å². The third-order valence-electron chi connectivity index (χ3n) is 5.51. The molecule has 0 radical (unpaired) electrons. The molecule has 6 nitrogen and oxygen atoms in total. The van der Waals surface area contributed by atoms with Crippen LogP contribution < -0.4 is 20.4 Å². The van der Waals surface area contributed by atoms with Gasteiger partial charge in [-0.25, -0.2) is 0 Å². The number of nitrogens with one attached hydrogen (secondary N) is 4. The number of rotatable bonds is 6. The van der Waals surface area contributed by atoms with Crippen LogP contribution in [0.1, 0.15) is 27.2 Å². The molecule has 0 aromatic heterocycles. The smallest absolute Gasteiger partial charge is 0.279 e. The highest BCUT2D eigenvalue weighted by Gasteiger charge is 2.25. The first-order valence-corrected chi connectivity index (χ1v) is 11.2. The molecule has 2 aromatic carbocycles. The second-order valence-electron chi connectivity index (χ2n) is 9.47. The highest BCUT2D eigenvalue weighted by molar-refractivity contribution is 5.96. The van der Waals surface area contributed by atoms with E-state index in [4.69, 9.17) is 0 Å². The molecule has 1 fully saturated rings. The van der Waals surface area contributed by atoms with Crippen LogP contribution in [0.3, 0.4) is 0 Å². The van der Waals surface area contributed by atoms with Gasteiger partial charge in [-0.15, -0.1) is 0 Å². The average Bonchev–Trinajstić information content (AvgIpc) is 2.92. The van der Waals surface area contributed by atoms with Crippen molar-refractivity contribution in [2.24, 2.45) is 0 Å². The third kappa shape index (κ3) is 7.49. The van der Waals surface area contributed by atoms with Gasteiger partial charge in [0, 0.05) is 23.2 Å². The SMILES string of the molecule is CC(C)(C)NC(=O)C[NH+]1CCC[NH+](CC(=O)Nc2ccccc2-c2ccccc2)CC1. The van der Waals surface area contributed by atoms with Crippen LogP contribution in [0.4, 0.5) is 5.69 Å². The number of anilines is 1. The molecule has 0 spiro atoms. The van der Waals surface area contributed by atoms with Gasteiger partial charge in [0.25, 0.3) is 11.8 Å². The lowest BCUT2D eigenvalue weighted by molar-refractivity contribution is -0.930. The maximum Gasteiger partial charge on any atom is 0.279 e. The summed E-state index contributed by atoms with van der Waals surface area (Å²) in [5, 5.41) is 6.16. The van der Waals surface area contributed by atoms with Crippen molar-refractivity contribution in [3.05, 3.63) is 54.6 Å². The molecule has 1 heterocycles. The number of quaternary nitrogens is 2. The molecule has 0 bridgehead atoms. The highest BCUT2D eigenvalue weighted by Crippen LogP contribution is 2.27. The molecule has 1 aliphatic rings. The van der Waals surface area contributed by atoms with Gasteiger partial charge in [0.15, 0.2) is 13.1 Å². The lowest BCUT2D eigenvalue weighted by Crippen LogP contribution is -3.18.